The van der Waals surface area contributed by atoms with E-state index >= 15 is 0 Å². The van der Waals surface area contributed by atoms with Crippen LogP contribution in [-0.2, 0) is 23.1 Å². The number of imidazole rings is 1. The minimum Gasteiger partial charge on any atom is -0.493 e. The summed E-state index contributed by atoms with van der Waals surface area (Å²) in [7, 11) is 1.98. The van der Waals surface area contributed by atoms with Crippen LogP contribution in [0.3, 0.4) is 0 Å². The predicted molar refractivity (Wildman–Crippen MR) is 140 cm³/mol. The molecule has 37 heavy (non-hydrogen) atoms. The molecule has 1 atom stereocenters. The van der Waals surface area contributed by atoms with E-state index in [1.54, 1.807) is 9.80 Å². The number of carbonyl (C=O) groups excluding carboxylic acids is 2. The van der Waals surface area contributed by atoms with Crippen molar-refractivity contribution in [1.82, 2.24) is 19.4 Å². The fourth-order valence-electron chi connectivity index (χ4n) is 4.34. The van der Waals surface area contributed by atoms with E-state index < -0.39 is 11.7 Å². The average Bonchev–Trinajstić information content (AvgIpc) is 3.14. The molecule has 0 saturated carbocycles. The van der Waals surface area contributed by atoms with Gasteiger partial charge in [-0.3, -0.25) is 0 Å². The van der Waals surface area contributed by atoms with Crippen LogP contribution < -0.4 is 4.74 Å². The van der Waals surface area contributed by atoms with E-state index in [0.29, 0.717) is 38.4 Å². The van der Waals surface area contributed by atoms with Crippen LogP contribution in [0, 0.1) is 6.92 Å². The molecule has 3 aromatic rings. The summed E-state index contributed by atoms with van der Waals surface area (Å²) in [4.78, 5) is 33.7. The molecule has 9 heteroatoms. The van der Waals surface area contributed by atoms with Crippen LogP contribution in [-0.4, -0.2) is 69.4 Å². The van der Waals surface area contributed by atoms with Crippen LogP contribution in [0.2, 0.25) is 0 Å². The molecule has 2 aromatic carbocycles. The Morgan fingerprint density at radius 3 is 2.54 bits per heavy atom. The number of ether oxygens (including phenoxy) is 3. The topological polar surface area (TPSA) is 86.1 Å². The van der Waals surface area contributed by atoms with E-state index in [1.807, 2.05) is 87.8 Å². The lowest BCUT2D eigenvalue weighted by Gasteiger charge is -2.41. The number of nitrogens with zero attached hydrogens (tertiary/aromatic N) is 4. The van der Waals surface area contributed by atoms with Crippen molar-refractivity contribution in [3.05, 3.63) is 59.9 Å². The van der Waals surface area contributed by atoms with Crippen molar-refractivity contribution >= 4 is 23.2 Å². The molecule has 4 rings (SSSR count). The molecule has 1 aromatic heterocycles. The second-order valence-electron chi connectivity index (χ2n) is 10.3. The number of amides is 2. The van der Waals surface area contributed by atoms with Gasteiger partial charge in [0, 0.05) is 39.2 Å². The molecule has 0 spiro atoms. The van der Waals surface area contributed by atoms with Crippen LogP contribution in [0.4, 0.5) is 9.59 Å². The highest BCUT2D eigenvalue weighted by atomic mass is 16.6. The second-order valence-corrected chi connectivity index (χ2v) is 10.3. The van der Waals surface area contributed by atoms with Crippen molar-refractivity contribution in [2.45, 2.75) is 52.4 Å². The average molecular weight is 509 g/mol. The standard InChI is InChI=1S/C28H36N4O5/c1-20-29-24-17-23(11-12-25(24)30(20)5)35-16-13-22-18-31(14-15-32(22)27(34)37-28(2,3)4)26(33)36-19-21-9-7-6-8-10-21/h6-12,17,22H,13-16,18-19H2,1-5H3/t22-/m1/s1. The Morgan fingerprint density at radius 2 is 1.81 bits per heavy atom. The lowest BCUT2D eigenvalue weighted by Crippen LogP contribution is -2.57. The lowest BCUT2D eigenvalue weighted by molar-refractivity contribution is -0.00614. The molecule has 0 bridgehead atoms. The second kappa shape index (κ2) is 11.1. The summed E-state index contributed by atoms with van der Waals surface area (Å²) >= 11 is 0. The summed E-state index contributed by atoms with van der Waals surface area (Å²) in [6.45, 7) is 9.14. The van der Waals surface area contributed by atoms with Gasteiger partial charge in [0.15, 0.2) is 0 Å². The van der Waals surface area contributed by atoms with E-state index in [4.69, 9.17) is 14.2 Å². The van der Waals surface area contributed by atoms with Crippen LogP contribution in [0.1, 0.15) is 38.6 Å². The number of benzene rings is 2. The molecule has 1 aliphatic heterocycles. The maximum absolute atomic E-state index is 12.9. The fourth-order valence-corrected chi connectivity index (χ4v) is 4.34. The molecule has 1 saturated heterocycles. The van der Waals surface area contributed by atoms with Crippen molar-refractivity contribution in [2.75, 3.05) is 26.2 Å². The van der Waals surface area contributed by atoms with Gasteiger partial charge in [0.1, 0.15) is 23.8 Å². The molecule has 1 aliphatic rings. The third kappa shape index (κ3) is 6.72. The zero-order valence-electron chi connectivity index (χ0n) is 22.3. The summed E-state index contributed by atoms with van der Waals surface area (Å²) in [6.07, 6.45) is -0.254. The summed E-state index contributed by atoms with van der Waals surface area (Å²) in [6, 6.07) is 15.1. The van der Waals surface area contributed by atoms with Crippen molar-refractivity contribution in [2.24, 2.45) is 7.05 Å². The summed E-state index contributed by atoms with van der Waals surface area (Å²) in [5.74, 6) is 1.64. The first-order valence-corrected chi connectivity index (χ1v) is 12.6. The summed E-state index contributed by atoms with van der Waals surface area (Å²) < 4.78 is 19.2. The number of piperazine rings is 1. The Hall–Kier alpha value is -3.75. The van der Waals surface area contributed by atoms with Gasteiger partial charge < -0.3 is 28.6 Å². The number of hydrogen-bond acceptors (Lipinski definition) is 6. The van der Waals surface area contributed by atoms with E-state index in [1.165, 1.54) is 0 Å². The highest BCUT2D eigenvalue weighted by Gasteiger charge is 2.35. The molecular formula is C28H36N4O5. The van der Waals surface area contributed by atoms with E-state index in [0.717, 1.165) is 22.4 Å². The van der Waals surface area contributed by atoms with Crippen molar-refractivity contribution in [1.29, 1.82) is 0 Å². The first-order valence-electron chi connectivity index (χ1n) is 12.6. The van der Waals surface area contributed by atoms with Crippen LogP contribution in [0.5, 0.6) is 5.75 Å². The molecule has 2 heterocycles. The predicted octanol–water partition coefficient (Wildman–Crippen LogP) is 4.91. The SMILES string of the molecule is Cc1nc2cc(OCC[C@@H]3CN(C(=O)OCc4ccccc4)CCN3C(=O)OC(C)(C)C)ccc2n1C. The Labute approximate surface area is 217 Å². The number of carbonyl (C=O) groups is 2. The lowest BCUT2D eigenvalue weighted by atomic mass is 10.1. The Kier molecular flexibility index (Phi) is 7.90. The van der Waals surface area contributed by atoms with Gasteiger partial charge in [-0.15, -0.1) is 0 Å². The van der Waals surface area contributed by atoms with Gasteiger partial charge >= 0.3 is 12.2 Å². The van der Waals surface area contributed by atoms with E-state index in [-0.39, 0.29) is 18.7 Å². The van der Waals surface area contributed by atoms with Crippen molar-refractivity contribution in [3.63, 3.8) is 0 Å². The number of aryl methyl sites for hydroxylation is 2. The fraction of sp³-hybridized carbons (Fsp3) is 0.464. The molecule has 0 radical (unpaired) electrons. The summed E-state index contributed by atoms with van der Waals surface area (Å²) in [5, 5.41) is 0. The Morgan fingerprint density at radius 1 is 1.05 bits per heavy atom. The quantitative estimate of drug-likeness (QED) is 0.470. The van der Waals surface area contributed by atoms with Crippen LogP contribution in [0.25, 0.3) is 11.0 Å². The van der Waals surface area contributed by atoms with Gasteiger partial charge in [-0.05, 0) is 45.4 Å². The highest BCUT2D eigenvalue weighted by molar-refractivity contribution is 5.77. The third-order valence-electron chi connectivity index (χ3n) is 6.37. The van der Waals surface area contributed by atoms with Gasteiger partial charge in [-0.2, -0.15) is 0 Å². The molecule has 9 nitrogen and oxygen atoms in total. The molecule has 2 amide bonds. The maximum atomic E-state index is 12.9. The van der Waals surface area contributed by atoms with Gasteiger partial charge in [0.05, 0.1) is 23.7 Å². The van der Waals surface area contributed by atoms with Gasteiger partial charge in [0.2, 0.25) is 0 Å². The number of rotatable bonds is 6. The van der Waals surface area contributed by atoms with E-state index in [9.17, 15) is 9.59 Å². The highest BCUT2D eigenvalue weighted by Crippen LogP contribution is 2.23. The largest absolute Gasteiger partial charge is 0.493 e. The maximum Gasteiger partial charge on any atom is 0.410 e. The molecule has 1 fully saturated rings. The van der Waals surface area contributed by atoms with Crippen LogP contribution >= 0.6 is 0 Å². The normalized spacial score (nSPS) is 16.1. The molecule has 0 aliphatic carbocycles. The minimum atomic E-state index is -0.611. The first kappa shape index (κ1) is 26.3. The monoisotopic (exact) mass is 508 g/mol. The third-order valence-corrected chi connectivity index (χ3v) is 6.37. The van der Waals surface area contributed by atoms with Crippen LogP contribution in [0.15, 0.2) is 48.5 Å². The Bertz CT molecular complexity index is 1230. The minimum absolute atomic E-state index is 0.204. The molecule has 0 unspecified atom stereocenters. The Balaban J connectivity index is 1.40. The zero-order chi connectivity index (χ0) is 26.6. The van der Waals surface area contributed by atoms with Crippen molar-refractivity contribution in [3.8, 4) is 5.75 Å². The number of aromatic nitrogens is 2. The molecule has 198 valence electrons. The molecule has 0 N–H and O–H groups in total. The summed E-state index contributed by atoms with van der Waals surface area (Å²) in [5.41, 5.74) is 2.23. The number of fused-ring (bicyclic) bond motifs is 1. The first-order chi connectivity index (χ1) is 17.6. The van der Waals surface area contributed by atoms with Gasteiger partial charge in [0.25, 0.3) is 0 Å². The number of hydrogen-bond donors (Lipinski definition) is 0. The smallest absolute Gasteiger partial charge is 0.410 e. The zero-order valence-corrected chi connectivity index (χ0v) is 22.3. The van der Waals surface area contributed by atoms with E-state index in [2.05, 4.69) is 4.98 Å². The van der Waals surface area contributed by atoms with Gasteiger partial charge in [-0.1, -0.05) is 30.3 Å². The van der Waals surface area contributed by atoms with Crippen molar-refractivity contribution < 1.29 is 23.8 Å². The van der Waals surface area contributed by atoms with Gasteiger partial charge in [-0.25, -0.2) is 14.6 Å². The molecular weight excluding hydrogens is 472 g/mol.